The lowest BCUT2D eigenvalue weighted by molar-refractivity contribution is 0.729. The molecule has 5 nitrogen and oxygen atoms in total. The summed E-state index contributed by atoms with van der Waals surface area (Å²) in [5, 5.41) is 11.6. The fraction of sp³-hybridized carbons (Fsp3) is 0.182. The van der Waals surface area contributed by atoms with Crippen molar-refractivity contribution >= 4 is 32.8 Å². The van der Waals surface area contributed by atoms with Crippen molar-refractivity contribution in [1.29, 1.82) is 5.26 Å². The van der Waals surface area contributed by atoms with Crippen molar-refractivity contribution in [3.63, 3.8) is 0 Å². The number of fused-ring (bicyclic) bond motifs is 1. The Balaban J connectivity index is 2.84. The van der Waals surface area contributed by atoms with Crippen LogP contribution in [0, 0.1) is 11.5 Å². The van der Waals surface area contributed by atoms with E-state index >= 15 is 0 Å². The SMILES string of the molecule is CCn1c(NC#N)nc2ccc(Br)cc2c1=O. The maximum Gasteiger partial charge on any atom is 0.262 e. The first kappa shape index (κ1) is 11.6. The number of nitrogens with one attached hydrogen (secondary N) is 1. The Bertz CT molecular complexity index is 671. The van der Waals surface area contributed by atoms with Gasteiger partial charge in [-0.1, -0.05) is 15.9 Å². The van der Waals surface area contributed by atoms with Crippen molar-refractivity contribution in [1.82, 2.24) is 9.55 Å². The van der Waals surface area contributed by atoms with Gasteiger partial charge in [-0.3, -0.25) is 14.7 Å². The highest BCUT2D eigenvalue weighted by Gasteiger charge is 2.09. The van der Waals surface area contributed by atoms with Gasteiger partial charge in [0.05, 0.1) is 10.9 Å². The van der Waals surface area contributed by atoms with Gasteiger partial charge in [0.1, 0.15) is 0 Å². The standard InChI is InChI=1S/C11H9BrN4O/c1-2-16-10(17)8-5-7(12)3-4-9(8)15-11(16)14-6-13/h3-5H,2H2,1H3,(H,14,15). The number of aromatic nitrogens is 2. The predicted molar refractivity (Wildman–Crippen MR) is 68.6 cm³/mol. The summed E-state index contributed by atoms with van der Waals surface area (Å²) in [4.78, 5) is 16.4. The molecule has 0 aliphatic rings. The predicted octanol–water partition coefficient (Wildman–Crippen LogP) is 2.07. The highest BCUT2D eigenvalue weighted by Crippen LogP contribution is 2.17. The van der Waals surface area contributed by atoms with Crippen LogP contribution in [0.5, 0.6) is 0 Å². The van der Waals surface area contributed by atoms with Crippen LogP contribution in [-0.2, 0) is 6.54 Å². The van der Waals surface area contributed by atoms with Crippen LogP contribution >= 0.6 is 15.9 Å². The molecule has 0 aliphatic heterocycles. The van der Waals surface area contributed by atoms with Gasteiger partial charge in [0.2, 0.25) is 5.95 Å². The zero-order chi connectivity index (χ0) is 12.4. The molecule has 0 bridgehead atoms. The first-order valence-corrected chi connectivity index (χ1v) is 5.82. The molecule has 0 spiro atoms. The van der Waals surface area contributed by atoms with E-state index in [1.54, 1.807) is 24.4 Å². The minimum Gasteiger partial charge on any atom is -0.278 e. The number of hydrogen-bond donors (Lipinski definition) is 1. The molecule has 0 saturated carbocycles. The number of benzene rings is 1. The summed E-state index contributed by atoms with van der Waals surface area (Å²) in [6, 6.07) is 5.28. The Kier molecular flexibility index (Phi) is 3.11. The molecular formula is C11H9BrN4O. The molecule has 1 aromatic carbocycles. The molecule has 0 fully saturated rings. The molecule has 0 amide bonds. The van der Waals surface area contributed by atoms with Crippen molar-refractivity contribution in [2.45, 2.75) is 13.5 Å². The first-order valence-electron chi connectivity index (χ1n) is 5.02. The Morgan fingerprint density at radius 1 is 1.59 bits per heavy atom. The van der Waals surface area contributed by atoms with Crippen LogP contribution in [0.4, 0.5) is 5.95 Å². The lowest BCUT2D eigenvalue weighted by atomic mass is 10.2. The van der Waals surface area contributed by atoms with Gasteiger partial charge in [0.25, 0.3) is 5.56 Å². The van der Waals surface area contributed by atoms with Gasteiger partial charge in [-0.25, -0.2) is 4.98 Å². The molecule has 0 atom stereocenters. The van der Waals surface area contributed by atoms with E-state index in [4.69, 9.17) is 5.26 Å². The summed E-state index contributed by atoms with van der Waals surface area (Å²) in [6.07, 6.45) is 1.78. The summed E-state index contributed by atoms with van der Waals surface area (Å²) >= 11 is 3.32. The zero-order valence-corrected chi connectivity index (χ0v) is 10.7. The monoisotopic (exact) mass is 292 g/mol. The Morgan fingerprint density at radius 3 is 3.00 bits per heavy atom. The number of halogens is 1. The summed E-state index contributed by atoms with van der Waals surface area (Å²) in [6.45, 7) is 2.29. The molecule has 0 saturated heterocycles. The molecule has 2 aromatic rings. The topological polar surface area (TPSA) is 70.7 Å². The van der Waals surface area contributed by atoms with Crippen molar-refractivity contribution in [3.8, 4) is 6.19 Å². The molecule has 2 rings (SSSR count). The van der Waals surface area contributed by atoms with Gasteiger partial charge in [0.15, 0.2) is 6.19 Å². The van der Waals surface area contributed by atoms with E-state index in [0.717, 1.165) is 4.47 Å². The van der Waals surface area contributed by atoms with Gasteiger partial charge in [-0.15, -0.1) is 0 Å². The third kappa shape index (κ3) is 2.01. The highest BCUT2D eigenvalue weighted by atomic mass is 79.9. The lowest BCUT2D eigenvalue weighted by Crippen LogP contribution is -2.23. The molecule has 86 valence electrons. The minimum atomic E-state index is -0.156. The fourth-order valence-corrected chi connectivity index (χ4v) is 1.99. The van der Waals surface area contributed by atoms with Gasteiger partial charge < -0.3 is 0 Å². The number of anilines is 1. The van der Waals surface area contributed by atoms with E-state index in [1.165, 1.54) is 4.57 Å². The first-order chi connectivity index (χ1) is 8.17. The Morgan fingerprint density at radius 2 is 2.35 bits per heavy atom. The number of nitriles is 1. The molecule has 0 radical (unpaired) electrons. The van der Waals surface area contributed by atoms with E-state index in [9.17, 15) is 4.79 Å². The van der Waals surface area contributed by atoms with Gasteiger partial charge >= 0.3 is 0 Å². The molecule has 6 heteroatoms. The van der Waals surface area contributed by atoms with Gasteiger partial charge in [-0.2, -0.15) is 5.26 Å². The normalized spacial score (nSPS) is 10.2. The molecule has 1 aromatic heterocycles. The maximum atomic E-state index is 12.2. The molecule has 0 unspecified atom stereocenters. The number of nitrogens with zero attached hydrogens (tertiary/aromatic N) is 3. The number of hydrogen-bond acceptors (Lipinski definition) is 4. The highest BCUT2D eigenvalue weighted by molar-refractivity contribution is 9.10. The Hall–Kier alpha value is -1.87. The molecular weight excluding hydrogens is 284 g/mol. The lowest BCUT2D eigenvalue weighted by Gasteiger charge is -2.09. The van der Waals surface area contributed by atoms with E-state index < -0.39 is 0 Å². The maximum absolute atomic E-state index is 12.2. The zero-order valence-electron chi connectivity index (χ0n) is 9.07. The van der Waals surface area contributed by atoms with E-state index in [0.29, 0.717) is 17.4 Å². The average Bonchev–Trinajstić information content (AvgIpc) is 2.31. The van der Waals surface area contributed by atoms with Crippen LogP contribution in [0.25, 0.3) is 10.9 Å². The van der Waals surface area contributed by atoms with Crippen molar-refractivity contribution < 1.29 is 0 Å². The van der Waals surface area contributed by atoms with E-state index in [2.05, 4.69) is 26.2 Å². The van der Waals surface area contributed by atoms with Crippen molar-refractivity contribution in [2.75, 3.05) is 5.32 Å². The third-order valence-corrected chi connectivity index (χ3v) is 2.89. The van der Waals surface area contributed by atoms with Crippen molar-refractivity contribution in [2.24, 2.45) is 0 Å². The summed E-state index contributed by atoms with van der Waals surface area (Å²) in [5.74, 6) is 0.273. The third-order valence-electron chi connectivity index (χ3n) is 2.40. The van der Waals surface area contributed by atoms with Gasteiger partial charge in [-0.05, 0) is 25.1 Å². The smallest absolute Gasteiger partial charge is 0.262 e. The van der Waals surface area contributed by atoms with Gasteiger partial charge in [0, 0.05) is 11.0 Å². The molecule has 1 heterocycles. The van der Waals surface area contributed by atoms with Crippen LogP contribution in [0.3, 0.4) is 0 Å². The van der Waals surface area contributed by atoms with Crippen LogP contribution in [0.15, 0.2) is 27.5 Å². The average molecular weight is 293 g/mol. The second-order valence-corrected chi connectivity index (χ2v) is 4.30. The van der Waals surface area contributed by atoms with Crippen LogP contribution in [0.1, 0.15) is 6.92 Å². The Labute approximate surface area is 106 Å². The fourth-order valence-electron chi connectivity index (χ4n) is 1.63. The quantitative estimate of drug-likeness (QED) is 0.679. The minimum absolute atomic E-state index is 0.156. The van der Waals surface area contributed by atoms with Crippen LogP contribution in [0.2, 0.25) is 0 Å². The molecule has 17 heavy (non-hydrogen) atoms. The summed E-state index contributed by atoms with van der Waals surface area (Å²) < 4.78 is 2.25. The summed E-state index contributed by atoms with van der Waals surface area (Å²) in [5.41, 5.74) is 0.414. The van der Waals surface area contributed by atoms with E-state index in [1.807, 2.05) is 6.92 Å². The molecule has 1 N–H and O–H groups in total. The second kappa shape index (κ2) is 4.55. The van der Waals surface area contributed by atoms with Crippen LogP contribution < -0.4 is 10.9 Å². The largest absolute Gasteiger partial charge is 0.278 e. The van der Waals surface area contributed by atoms with E-state index in [-0.39, 0.29) is 11.5 Å². The number of rotatable bonds is 2. The second-order valence-electron chi connectivity index (χ2n) is 3.38. The summed E-state index contributed by atoms with van der Waals surface area (Å²) in [7, 11) is 0. The van der Waals surface area contributed by atoms with Crippen molar-refractivity contribution in [3.05, 3.63) is 33.0 Å². The van der Waals surface area contributed by atoms with Crippen LogP contribution in [-0.4, -0.2) is 9.55 Å². The molecule has 0 aliphatic carbocycles.